The van der Waals surface area contributed by atoms with Crippen LogP contribution in [0.25, 0.3) is 11.5 Å². The number of rotatable bonds is 2. The maximum absolute atomic E-state index is 5.50. The van der Waals surface area contributed by atoms with Gasteiger partial charge in [-0.3, -0.25) is 10.2 Å². The summed E-state index contributed by atoms with van der Waals surface area (Å²) in [5.41, 5.74) is 3.05. The number of fused-ring (bicyclic) bond motifs is 1. The highest BCUT2D eigenvalue weighted by Gasteiger charge is 2.24. The average Bonchev–Trinajstić information content (AvgIpc) is 3.14. The Morgan fingerprint density at radius 3 is 2.80 bits per heavy atom. The van der Waals surface area contributed by atoms with Crippen molar-refractivity contribution in [2.45, 2.75) is 31.8 Å². The second-order valence-corrected chi connectivity index (χ2v) is 5.26. The smallest absolute Gasteiger partial charge is 0.202 e. The van der Waals surface area contributed by atoms with Gasteiger partial charge in [-0.1, -0.05) is 0 Å². The van der Waals surface area contributed by atoms with Crippen molar-refractivity contribution in [3.8, 4) is 11.5 Å². The first kappa shape index (κ1) is 12.0. The summed E-state index contributed by atoms with van der Waals surface area (Å²) in [6.45, 7) is 2.93. The zero-order valence-electron chi connectivity index (χ0n) is 11.2. The van der Waals surface area contributed by atoms with Crippen LogP contribution >= 0.6 is 0 Å². The molecule has 2 aliphatic heterocycles. The van der Waals surface area contributed by atoms with Crippen LogP contribution in [0.2, 0.25) is 0 Å². The number of H-pyrrole nitrogens is 2. The van der Waals surface area contributed by atoms with Gasteiger partial charge in [-0.15, -0.1) is 0 Å². The lowest BCUT2D eigenvalue weighted by molar-refractivity contribution is 0.0836. The maximum atomic E-state index is 5.50. The molecule has 2 N–H and O–H groups in total. The second kappa shape index (κ2) is 4.99. The predicted molar refractivity (Wildman–Crippen MR) is 70.1 cm³/mol. The molecule has 0 aliphatic carbocycles. The van der Waals surface area contributed by atoms with E-state index in [1.54, 1.807) is 0 Å². The lowest BCUT2D eigenvalue weighted by atomic mass is 10.00. The molecule has 106 valence electrons. The van der Waals surface area contributed by atoms with Crippen LogP contribution in [0.1, 0.15) is 35.8 Å². The minimum absolute atomic E-state index is 0.413. The lowest BCUT2D eigenvalue weighted by Crippen LogP contribution is -2.15. The minimum Gasteiger partial charge on any atom is -0.381 e. The first-order valence-electron chi connectivity index (χ1n) is 7.06. The van der Waals surface area contributed by atoms with Crippen LogP contribution in [-0.2, 0) is 22.5 Å². The molecule has 1 fully saturated rings. The van der Waals surface area contributed by atoms with Gasteiger partial charge in [0.2, 0.25) is 5.82 Å². The number of ether oxygens (including phenoxy) is 2. The third-order valence-electron chi connectivity index (χ3n) is 4.02. The number of hydrogen-bond acceptors (Lipinski definition) is 5. The molecule has 7 nitrogen and oxygen atoms in total. The summed E-state index contributed by atoms with van der Waals surface area (Å²) in [5, 5.41) is 14.8. The number of nitrogens with zero attached hydrogens (tertiary/aromatic N) is 3. The molecule has 0 radical (unpaired) electrons. The van der Waals surface area contributed by atoms with Crippen LogP contribution in [0.15, 0.2) is 0 Å². The van der Waals surface area contributed by atoms with E-state index < -0.39 is 0 Å². The number of aromatic amines is 2. The van der Waals surface area contributed by atoms with E-state index in [4.69, 9.17) is 9.47 Å². The van der Waals surface area contributed by atoms with E-state index in [1.165, 1.54) is 0 Å². The van der Waals surface area contributed by atoms with E-state index >= 15 is 0 Å². The minimum atomic E-state index is 0.413. The molecule has 4 heterocycles. The third kappa shape index (κ3) is 2.03. The highest BCUT2D eigenvalue weighted by molar-refractivity contribution is 5.56. The van der Waals surface area contributed by atoms with E-state index in [9.17, 15) is 0 Å². The van der Waals surface area contributed by atoms with Crippen LogP contribution in [0.3, 0.4) is 0 Å². The fraction of sp³-hybridized carbons (Fsp3) is 0.615. The molecule has 2 aromatic heterocycles. The molecule has 0 spiro atoms. The van der Waals surface area contributed by atoms with E-state index in [1.807, 2.05) is 0 Å². The summed E-state index contributed by atoms with van der Waals surface area (Å²) in [4.78, 5) is 4.62. The van der Waals surface area contributed by atoms with E-state index in [0.29, 0.717) is 18.3 Å². The Balaban J connectivity index is 1.63. The highest BCUT2D eigenvalue weighted by Crippen LogP contribution is 2.28. The Morgan fingerprint density at radius 2 is 1.90 bits per heavy atom. The Bertz CT molecular complexity index is 600. The zero-order chi connectivity index (χ0) is 13.4. The van der Waals surface area contributed by atoms with E-state index in [-0.39, 0.29) is 0 Å². The van der Waals surface area contributed by atoms with Crippen molar-refractivity contribution in [1.82, 2.24) is 25.4 Å². The van der Waals surface area contributed by atoms with Crippen molar-refractivity contribution in [1.29, 1.82) is 0 Å². The first-order chi connectivity index (χ1) is 9.92. The van der Waals surface area contributed by atoms with Crippen molar-refractivity contribution in [3.63, 3.8) is 0 Å². The Hall–Kier alpha value is -1.73. The molecule has 20 heavy (non-hydrogen) atoms. The number of nitrogens with one attached hydrogen (secondary N) is 2. The molecule has 0 unspecified atom stereocenters. The summed E-state index contributed by atoms with van der Waals surface area (Å²) in [7, 11) is 0. The molecule has 1 saturated heterocycles. The Kier molecular flexibility index (Phi) is 3.00. The maximum Gasteiger partial charge on any atom is 0.202 e. The highest BCUT2D eigenvalue weighted by atomic mass is 16.5. The summed E-state index contributed by atoms with van der Waals surface area (Å²) in [6, 6.07) is 0. The molecule has 4 rings (SSSR count). The van der Waals surface area contributed by atoms with Crippen LogP contribution < -0.4 is 0 Å². The van der Waals surface area contributed by atoms with Gasteiger partial charge in [-0.05, 0) is 12.8 Å². The molecule has 2 aliphatic rings. The summed E-state index contributed by atoms with van der Waals surface area (Å²) >= 11 is 0. The molecular formula is C13H17N5O2. The molecule has 0 saturated carbocycles. The topological polar surface area (TPSA) is 88.7 Å². The molecule has 7 heteroatoms. The summed E-state index contributed by atoms with van der Waals surface area (Å²) in [5.74, 6) is 2.02. The van der Waals surface area contributed by atoms with Crippen LogP contribution in [0.4, 0.5) is 0 Å². The van der Waals surface area contributed by atoms with Crippen molar-refractivity contribution >= 4 is 0 Å². The van der Waals surface area contributed by atoms with Gasteiger partial charge in [-0.25, -0.2) is 4.98 Å². The zero-order valence-corrected chi connectivity index (χ0v) is 11.2. The van der Waals surface area contributed by atoms with E-state index in [2.05, 4.69) is 25.4 Å². The number of hydrogen-bond donors (Lipinski definition) is 2. The molecule has 0 atom stereocenters. The van der Waals surface area contributed by atoms with Gasteiger partial charge in [0, 0.05) is 36.8 Å². The molecule has 0 bridgehead atoms. The third-order valence-corrected chi connectivity index (χ3v) is 4.02. The Labute approximate surface area is 116 Å². The second-order valence-electron chi connectivity index (χ2n) is 5.26. The van der Waals surface area contributed by atoms with Crippen LogP contribution in [0, 0.1) is 0 Å². The van der Waals surface area contributed by atoms with Crippen LogP contribution in [0.5, 0.6) is 0 Å². The SMILES string of the molecule is C1CC(c2nc(-c3n[nH]c4c3COCC4)n[nH]2)CCO1. The fourth-order valence-electron chi connectivity index (χ4n) is 2.83. The average molecular weight is 275 g/mol. The van der Waals surface area contributed by atoms with Crippen molar-refractivity contribution in [3.05, 3.63) is 17.1 Å². The van der Waals surface area contributed by atoms with Gasteiger partial charge in [0.25, 0.3) is 0 Å². The van der Waals surface area contributed by atoms with E-state index in [0.717, 1.165) is 61.9 Å². The van der Waals surface area contributed by atoms with Crippen molar-refractivity contribution in [2.75, 3.05) is 19.8 Å². The van der Waals surface area contributed by atoms with Gasteiger partial charge in [0.15, 0.2) is 0 Å². The predicted octanol–water partition coefficient (Wildman–Crippen LogP) is 1.16. The van der Waals surface area contributed by atoms with Gasteiger partial charge in [-0.2, -0.15) is 10.2 Å². The van der Waals surface area contributed by atoms with Gasteiger partial charge in [0.1, 0.15) is 11.5 Å². The largest absolute Gasteiger partial charge is 0.381 e. The lowest BCUT2D eigenvalue weighted by Gasteiger charge is -2.19. The Morgan fingerprint density at radius 1 is 1.00 bits per heavy atom. The van der Waals surface area contributed by atoms with Crippen molar-refractivity contribution in [2.24, 2.45) is 0 Å². The van der Waals surface area contributed by atoms with Gasteiger partial charge in [0.05, 0.1) is 13.2 Å². The fourth-order valence-corrected chi connectivity index (χ4v) is 2.83. The monoisotopic (exact) mass is 275 g/mol. The quantitative estimate of drug-likeness (QED) is 0.858. The van der Waals surface area contributed by atoms with Crippen LogP contribution in [-0.4, -0.2) is 45.2 Å². The molecule has 2 aromatic rings. The molecular weight excluding hydrogens is 258 g/mol. The van der Waals surface area contributed by atoms with Gasteiger partial charge >= 0.3 is 0 Å². The first-order valence-corrected chi connectivity index (χ1v) is 7.06. The number of aromatic nitrogens is 5. The summed E-state index contributed by atoms with van der Waals surface area (Å²) in [6.07, 6.45) is 2.87. The molecule has 0 aromatic carbocycles. The van der Waals surface area contributed by atoms with Crippen molar-refractivity contribution < 1.29 is 9.47 Å². The summed E-state index contributed by atoms with van der Waals surface area (Å²) < 4.78 is 10.9. The molecule has 0 amide bonds. The normalized spacial score (nSPS) is 20.0. The van der Waals surface area contributed by atoms with Gasteiger partial charge < -0.3 is 9.47 Å². The standard InChI is InChI=1S/C13H17N5O2/c1-4-19-5-2-8(1)12-14-13(18-17-12)11-9-7-20-6-3-10(9)15-16-11/h8H,1-7H2,(H,15,16)(H,14,17,18).